The van der Waals surface area contributed by atoms with Crippen molar-refractivity contribution in [2.75, 3.05) is 20.1 Å². The third-order valence-corrected chi connectivity index (χ3v) is 2.98. The van der Waals surface area contributed by atoms with Gasteiger partial charge in [0.15, 0.2) is 0 Å². The molecule has 1 N–H and O–H groups in total. The second-order valence-corrected chi connectivity index (χ2v) is 4.42. The van der Waals surface area contributed by atoms with Crippen LogP contribution in [0.25, 0.3) is 0 Å². The Morgan fingerprint density at radius 1 is 1.59 bits per heavy atom. The lowest BCUT2D eigenvalue weighted by Crippen LogP contribution is -2.37. The summed E-state index contributed by atoms with van der Waals surface area (Å²) >= 11 is 5.88. The van der Waals surface area contributed by atoms with Gasteiger partial charge in [0.05, 0.1) is 6.54 Å². The van der Waals surface area contributed by atoms with Gasteiger partial charge in [-0.1, -0.05) is 17.7 Å². The Kier molecular flexibility index (Phi) is 3.74. The molecule has 1 saturated heterocycles. The van der Waals surface area contributed by atoms with Gasteiger partial charge in [0.1, 0.15) is 11.9 Å². The molecule has 0 aliphatic carbocycles. The number of nitrogens with one attached hydrogen (secondary N) is 1. The Hall–Kier alpha value is -1.42. The van der Waals surface area contributed by atoms with E-state index in [1.165, 1.54) is 0 Å². The minimum Gasteiger partial charge on any atom is -0.488 e. The second kappa shape index (κ2) is 5.27. The predicted octanol–water partition coefficient (Wildman–Crippen LogP) is 2.13. The number of nitrogens with zero attached hydrogens (tertiary/aromatic N) is 1. The molecule has 1 aliphatic heterocycles. The lowest BCUT2D eigenvalue weighted by atomic mass is 10.3. The summed E-state index contributed by atoms with van der Waals surface area (Å²) in [6.45, 7) is 1.34. The number of rotatable bonds is 2. The van der Waals surface area contributed by atoms with Crippen molar-refractivity contribution < 1.29 is 9.53 Å². The zero-order valence-electron chi connectivity index (χ0n) is 9.65. The van der Waals surface area contributed by atoms with Gasteiger partial charge in [0.2, 0.25) is 0 Å². The van der Waals surface area contributed by atoms with E-state index in [1.54, 1.807) is 24.1 Å². The van der Waals surface area contributed by atoms with Gasteiger partial charge in [-0.3, -0.25) is 0 Å². The van der Waals surface area contributed by atoms with Crippen molar-refractivity contribution in [3.05, 3.63) is 29.3 Å². The number of benzene rings is 1. The average Bonchev–Trinajstić information content (AvgIpc) is 2.76. The van der Waals surface area contributed by atoms with Gasteiger partial charge in [0.25, 0.3) is 0 Å². The minimum atomic E-state index is -0.0535. The summed E-state index contributed by atoms with van der Waals surface area (Å²) in [7, 11) is 1.63. The van der Waals surface area contributed by atoms with Crippen LogP contribution in [-0.4, -0.2) is 37.2 Å². The van der Waals surface area contributed by atoms with Gasteiger partial charge in [-0.05, 0) is 18.2 Å². The Balaban J connectivity index is 1.92. The fraction of sp³-hybridized carbons (Fsp3) is 0.417. The van der Waals surface area contributed by atoms with Crippen LogP contribution in [0.15, 0.2) is 24.3 Å². The molecule has 1 fully saturated rings. The maximum atomic E-state index is 11.4. The van der Waals surface area contributed by atoms with Gasteiger partial charge < -0.3 is 15.0 Å². The molecule has 17 heavy (non-hydrogen) atoms. The van der Waals surface area contributed by atoms with E-state index >= 15 is 0 Å². The molecule has 1 atom stereocenters. The van der Waals surface area contributed by atoms with Crippen LogP contribution in [-0.2, 0) is 0 Å². The Bertz CT molecular complexity index is 411. The van der Waals surface area contributed by atoms with Crippen LogP contribution in [0.5, 0.6) is 5.75 Å². The SMILES string of the molecule is CNC(=O)N1CCC(Oc2cccc(Cl)c2)C1. The smallest absolute Gasteiger partial charge is 0.317 e. The predicted molar refractivity (Wildman–Crippen MR) is 66.5 cm³/mol. The third kappa shape index (κ3) is 3.03. The van der Waals surface area contributed by atoms with Crippen molar-refractivity contribution in [1.82, 2.24) is 10.2 Å². The van der Waals surface area contributed by atoms with Crippen molar-refractivity contribution in [1.29, 1.82) is 0 Å². The number of ether oxygens (including phenoxy) is 1. The molecular weight excluding hydrogens is 240 g/mol. The number of hydrogen-bond donors (Lipinski definition) is 1. The number of hydrogen-bond acceptors (Lipinski definition) is 2. The van der Waals surface area contributed by atoms with Crippen LogP contribution >= 0.6 is 11.6 Å². The van der Waals surface area contributed by atoms with Gasteiger partial charge in [-0.25, -0.2) is 4.79 Å². The van der Waals surface area contributed by atoms with E-state index in [9.17, 15) is 4.79 Å². The molecule has 1 aromatic rings. The fourth-order valence-corrected chi connectivity index (χ4v) is 2.08. The zero-order chi connectivity index (χ0) is 12.3. The van der Waals surface area contributed by atoms with E-state index in [4.69, 9.17) is 16.3 Å². The number of urea groups is 1. The molecule has 1 aliphatic rings. The maximum Gasteiger partial charge on any atom is 0.317 e. The van der Waals surface area contributed by atoms with E-state index in [1.807, 2.05) is 12.1 Å². The first-order chi connectivity index (χ1) is 8.19. The summed E-state index contributed by atoms with van der Waals surface area (Å²) in [6, 6.07) is 7.25. The quantitative estimate of drug-likeness (QED) is 0.879. The summed E-state index contributed by atoms with van der Waals surface area (Å²) in [5, 5.41) is 3.27. The van der Waals surface area contributed by atoms with Crippen molar-refractivity contribution >= 4 is 17.6 Å². The van der Waals surface area contributed by atoms with E-state index in [-0.39, 0.29) is 12.1 Å². The molecule has 5 heteroatoms. The number of likely N-dealkylation sites (tertiary alicyclic amines) is 1. The Morgan fingerprint density at radius 3 is 3.12 bits per heavy atom. The Morgan fingerprint density at radius 2 is 2.41 bits per heavy atom. The highest BCUT2D eigenvalue weighted by Crippen LogP contribution is 2.21. The van der Waals surface area contributed by atoms with Gasteiger partial charge in [0, 0.05) is 25.0 Å². The molecule has 4 nitrogen and oxygen atoms in total. The van der Waals surface area contributed by atoms with Gasteiger partial charge in [-0.2, -0.15) is 0 Å². The molecule has 0 bridgehead atoms. The largest absolute Gasteiger partial charge is 0.488 e. The standard InChI is InChI=1S/C12H15ClN2O2/c1-14-12(16)15-6-5-11(8-15)17-10-4-2-3-9(13)7-10/h2-4,7,11H,5-6,8H2,1H3,(H,14,16). The van der Waals surface area contributed by atoms with Crippen LogP contribution in [0.4, 0.5) is 4.79 Å². The lowest BCUT2D eigenvalue weighted by molar-refractivity contribution is 0.188. The molecule has 0 spiro atoms. The fourth-order valence-electron chi connectivity index (χ4n) is 1.90. The van der Waals surface area contributed by atoms with Crippen molar-refractivity contribution in [2.45, 2.75) is 12.5 Å². The molecule has 0 saturated carbocycles. The molecule has 92 valence electrons. The van der Waals surface area contributed by atoms with Crippen molar-refractivity contribution in [2.24, 2.45) is 0 Å². The van der Waals surface area contributed by atoms with E-state index in [2.05, 4.69) is 5.32 Å². The molecular formula is C12H15ClN2O2. The minimum absolute atomic E-state index is 0.0470. The van der Waals surface area contributed by atoms with Crippen LogP contribution in [0.3, 0.4) is 0 Å². The third-order valence-electron chi connectivity index (χ3n) is 2.74. The van der Waals surface area contributed by atoms with E-state index < -0.39 is 0 Å². The monoisotopic (exact) mass is 254 g/mol. The summed E-state index contributed by atoms with van der Waals surface area (Å²) in [6.07, 6.45) is 0.894. The summed E-state index contributed by atoms with van der Waals surface area (Å²) in [5.41, 5.74) is 0. The molecule has 0 aromatic heterocycles. The van der Waals surface area contributed by atoms with Crippen LogP contribution in [0.2, 0.25) is 5.02 Å². The van der Waals surface area contributed by atoms with E-state index in [0.717, 1.165) is 18.7 Å². The van der Waals surface area contributed by atoms with Gasteiger partial charge >= 0.3 is 6.03 Å². The van der Waals surface area contributed by atoms with Crippen molar-refractivity contribution in [3.63, 3.8) is 0 Å². The molecule has 2 amide bonds. The second-order valence-electron chi connectivity index (χ2n) is 3.99. The molecule has 1 unspecified atom stereocenters. The highest BCUT2D eigenvalue weighted by Gasteiger charge is 2.26. The first-order valence-electron chi connectivity index (χ1n) is 5.58. The first-order valence-corrected chi connectivity index (χ1v) is 5.95. The van der Waals surface area contributed by atoms with Crippen LogP contribution in [0, 0.1) is 0 Å². The number of carbonyl (C=O) groups is 1. The zero-order valence-corrected chi connectivity index (χ0v) is 10.4. The maximum absolute atomic E-state index is 11.4. The topological polar surface area (TPSA) is 41.6 Å². The summed E-state index contributed by atoms with van der Waals surface area (Å²) in [4.78, 5) is 13.1. The molecule has 0 radical (unpaired) electrons. The van der Waals surface area contributed by atoms with E-state index in [0.29, 0.717) is 11.6 Å². The van der Waals surface area contributed by atoms with Crippen LogP contribution < -0.4 is 10.1 Å². The number of amides is 2. The van der Waals surface area contributed by atoms with Crippen molar-refractivity contribution in [3.8, 4) is 5.75 Å². The van der Waals surface area contributed by atoms with Crippen LogP contribution in [0.1, 0.15) is 6.42 Å². The summed E-state index contributed by atoms with van der Waals surface area (Å²) < 4.78 is 5.77. The Labute approximate surface area is 106 Å². The molecule has 2 rings (SSSR count). The first kappa shape index (κ1) is 12.0. The highest BCUT2D eigenvalue weighted by molar-refractivity contribution is 6.30. The van der Waals surface area contributed by atoms with Gasteiger partial charge in [-0.15, -0.1) is 0 Å². The average molecular weight is 255 g/mol. The number of halogens is 1. The lowest BCUT2D eigenvalue weighted by Gasteiger charge is -2.16. The number of carbonyl (C=O) groups excluding carboxylic acids is 1. The normalized spacial score (nSPS) is 19.2. The molecule has 1 heterocycles. The highest BCUT2D eigenvalue weighted by atomic mass is 35.5. The molecule has 1 aromatic carbocycles. The summed E-state index contributed by atoms with van der Waals surface area (Å²) in [5.74, 6) is 0.751.